The predicted molar refractivity (Wildman–Crippen MR) is 58.5 cm³/mol. The molecule has 1 aliphatic heterocycles. The molecule has 1 aromatic rings. The summed E-state index contributed by atoms with van der Waals surface area (Å²) in [5, 5.41) is 9.09. The summed E-state index contributed by atoms with van der Waals surface area (Å²) in [6.07, 6.45) is 0. The van der Waals surface area contributed by atoms with E-state index in [1.807, 2.05) is 0 Å². The number of carbonyl (C=O) groups is 1. The monoisotopic (exact) mass is 239 g/mol. The predicted octanol–water partition coefficient (Wildman–Crippen LogP) is 0.551. The lowest BCUT2D eigenvalue weighted by atomic mass is 9.97. The van der Waals surface area contributed by atoms with E-state index in [0.29, 0.717) is 22.8 Å². The number of nitrogens with two attached hydrogens (primary N) is 1. The van der Waals surface area contributed by atoms with Crippen LogP contribution in [0.3, 0.4) is 0 Å². The topological polar surface area (TPSA) is 91.0 Å². The van der Waals surface area contributed by atoms with E-state index < -0.39 is 11.9 Å². The average Bonchev–Trinajstić information content (AvgIpc) is 2.77. The number of fused-ring (bicyclic) bond motifs is 1. The Hall–Kier alpha value is -1.95. The molecule has 17 heavy (non-hydrogen) atoms. The van der Waals surface area contributed by atoms with Crippen molar-refractivity contribution in [1.29, 1.82) is 0 Å². The number of carboxylic acids is 1. The third kappa shape index (κ3) is 1.87. The number of benzene rings is 1. The van der Waals surface area contributed by atoms with Crippen molar-refractivity contribution in [2.75, 3.05) is 20.4 Å². The molecule has 1 atom stereocenters. The van der Waals surface area contributed by atoms with Crippen molar-refractivity contribution in [3.8, 4) is 17.2 Å². The van der Waals surface area contributed by atoms with E-state index in [1.54, 1.807) is 12.1 Å². The molecule has 0 saturated carbocycles. The van der Waals surface area contributed by atoms with Crippen LogP contribution < -0.4 is 19.9 Å². The van der Waals surface area contributed by atoms with Gasteiger partial charge in [-0.25, -0.2) is 0 Å². The van der Waals surface area contributed by atoms with Crippen molar-refractivity contribution >= 4 is 5.97 Å². The minimum absolute atomic E-state index is 0.00859. The van der Waals surface area contributed by atoms with Crippen molar-refractivity contribution in [2.24, 2.45) is 5.73 Å². The van der Waals surface area contributed by atoms with Crippen LogP contribution in [0.2, 0.25) is 0 Å². The van der Waals surface area contributed by atoms with Gasteiger partial charge in [0.05, 0.1) is 13.0 Å². The van der Waals surface area contributed by atoms with Crippen LogP contribution in [0.15, 0.2) is 12.1 Å². The molecule has 6 nitrogen and oxygen atoms in total. The third-order valence-electron chi connectivity index (χ3n) is 2.64. The highest BCUT2D eigenvalue weighted by molar-refractivity contribution is 5.79. The molecule has 1 heterocycles. The molecule has 0 spiro atoms. The Morgan fingerprint density at radius 2 is 2.35 bits per heavy atom. The summed E-state index contributed by atoms with van der Waals surface area (Å²) in [6.45, 7) is 0.0981. The fourth-order valence-electron chi connectivity index (χ4n) is 1.81. The average molecular weight is 239 g/mol. The molecule has 1 aliphatic rings. The van der Waals surface area contributed by atoms with Crippen molar-refractivity contribution in [3.63, 3.8) is 0 Å². The van der Waals surface area contributed by atoms with E-state index in [2.05, 4.69) is 0 Å². The molecule has 0 amide bonds. The van der Waals surface area contributed by atoms with Crippen molar-refractivity contribution in [3.05, 3.63) is 17.7 Å². The second-order valence-electron chi connectivity index (χ2n) is 3.55. The highest BCUT2D eigenvalue weighted by Gasteiger charge is 2.28. The van der Waals surface area contributed by atoms with E-state index in [-0.39, 0.29) is 13.3 Å². The molecule has 1 aromatic carbocycles. The van der Waals surface area contributed by atoms with Crippen LogP contribution in [0.1, 0.15) is 11.5 Å². The Balaban J connectivity index is 2.51. The number of hydrogen-bond donors (Lipinski definition) is 2. The molecule has 0 fully saturated rings. The van der Waals surface area contributed by atoms with Gasteiger partial charge in [0.1, 0.15) is 0 Å². The molecule has 92 valence electrons. The van der Waals surface area contributed by atoms with Gasteiger partial charge >= 0.3 is 5.97 Å². The molecule has 1 unspecified atom stereocenters. The SMILES string of the molecule is COc1c(C(CN)C(=O)O)ccc2c1OCO2. The summed E-state index contributed by atoms with van der Waals surface area (Å²) in [5.41, 5.74) is 5.96. The maximum Gasteiger partial charge on any atom is 0.312 e. The molecule has 0 aliphatic carbocycles. The van der Waals surface area contributed by atoms with Crippen molar-refractivity contribution < 1.29 is 24.1 Å². The van der Waals surface area contributed by atoms with Gasteiger partial charge in [-0.05, 0) is 6.07 Å². The van der Waals surface area contributed by atoms with E-state index in [9.17, 15) is 4.79 Å². The molecule has 0 aromatic heterocycles. The highest BCUT2D eigenvalue weighted by Crippen LogP contribution is 2.45. The van der Waals surface area contributed by atoms with Gasteiger partial charge in [0.15, 0.2) is 11.5 Å². The fraction of sp³-hybridized carbons (Fsp3) is 0.364. The van der Waals surface area contributed by atoms with Gasteiger partial charge < -0.3 is 25.1 Å². The Kier molecular flexibility index (Phi) is 3.06. The highest BCUT2D eigenvalue weighted by atomic mass is 16.7. The van der Waals surface area contributed by atoms with Crippen molar-refractivity contribution in [2.45, 2.75) is 5.92 Å². The van der Waals surface area contributed by atoms with E-state index >= 15 is 0 Å². The van der Waals surface area contributed by atoms with Crippen LogP contribution >= 0.6 is 0 Å². The molecule has 3 N–H and O–H groups in total. The van der Waals surface area contributed by atoms with Gasteiger partial charge in [-0.3, -0.25) is 4.79 Å². The largest absolute Gasteiger partial charge is 0.492 e. The zero-order chi connectivity index (χ0) is 12.4. The van der Waals surface area contributed by atoms with Gasteiger partial charge in [0.25, 0.3) is 0 Å². The number of ether oxygens (including phenoxy) is 3. The Bertz CT molecular complexity index is 446. The first kappa shape index (κ1) is 11.5. The summed E-state index contributed by atoms with van der Waals surface area (Å²) in [6, 6.07) is 3.30. The molecular weight excluding hydrogens is 226 g/mol. The van der Waals surface area contributed by atoms with Crippen LogP contribution in [0.4, 0.5) is 0 Å². The zero-order valence-corrected chi connectivity index (χ0v) is 9.30. The van der Waals surface area contributed by atoms with Crippen molar-refractivity contribution in [1.82, 2.24) is 0 Å². The van der Waals surface area contributed by atoms with E-state index in [1.165, 1.54) is 7.11 Å². The Morgan fingerprint density at radius 1 is 1.59 bits per heavy atom. The van der Waals surface area contributed by atoms with Crippen LogP contribution in [-0.2, 0) is 4.79 Å². The summed E-state index contributed by atoms with van der Waals surface area (Å²) < 4.78 is 15.6. The number of methoxy groups -OCH3 is 1. The Labute approximate surface area is 97.9 Å². The van der Waals surface area contributed by atoms with Gasteiger partial charge in [0.2, 0.25) is 12.5 Å². The van der Waals surface area contributed by atoms with Gasteiger partial charge in [-0.1, -0.05) is 6.07 Å². The normalized spacial score (nSPS) is 14.5. The summed E-state index contributed by atoms with van der Waals surface area (Å²) >= 11 is 0. The zero-order valence-electron chi connectivity index (χ0n) is 9.30. The number of aliphatic carboxylic acids is 1. The lowest BCUT2D eigenvalue weighted by Gasteiger charge is -2.15. The standard InChI is InChI=1S/C11H13NO5/c1-15-9-6(7(4-12)11(13)14)2-3-8-10(9)17-5-16-8/h2-3,7H,4-5,12H2,1H3,(H,13,14). The first-order valence-electron chi connectivity index (χ1n) is 5.08. The van der Waals surface area contributed by atoms with Gasteiger partial charge in [-0.15, -0.1) is 0 Å². The second kappa shape index (κ2) is 4.50. The van der Waals surface area contributed by atoms with E-state index in [0.717, 1.165) is 0 Å². The Morgan fingerprint density at radius 3 is 2.94 bits per heavy atom. The fourth-order valence-corrected chi connectivity index (χ4v) is 1.81. The third-order valence-corrected chi connectivity index (χ3v) is 2.64. The van der Waals surface area contributed by atoms with Crippen LogP contribution in [0.25, 0.3) is 0 Å². The minimum Gasteiger partial charge on any atom is -0.492 e. The molecule has 0 radical (unpaired) electrons. The summed E-state index contributed by atoms with van der Waals surface area (Å²) in [7, 11) is 1.45. The number of carboxylic acid groups (broad SMARTS) is 1. The lowest BCUT2D eigenvalue weighted by Crippen LogP contribution is -2.21. The maximum atomic E-state index is 11.1. The van der Waals surface area contributed by atoms with Crippen LogP contribution in [0.5, 0.6) is 17.2 Å². The minimum atomic E-state index is -0.996. The summed E-state index contributed by atoms with van der Waals surface area (Å²) in [5.74, 6) is -0.460. The van der Waals surface area contributed by atoms with Crippen LogP contribution in [0, 0.1) is 0 Å². The van der Waals surface area contributed by atoms with Gasteiger partial charge in [0, 0.05) is 12.1 Å². The summed E-state index contributed by atoms with van der Waals surface area (Å²) in [4.78, 5) is 11.1. The lowest BCUT2D eigenvalue weighted by molar-refractivity contribution is -0.138. The first-order chi connectivity index (χ1) is 8.19. The maximum absolute atomic E-state index is 11.1. The molecule has 0 saturated heterocycles. The molecular formula is C11H13NO5. The molecule has 0 bridgehead atoms. The smallest absolute Gasteiger partial charge is 0.312 e. The molecule has 2 rings (SSSR count). The number of rotatable bonds is 4. The molecule has 6 heteroatoms. The van der Waals surface area contributed by atoms with Crippen LogP contribution in [-0.4, -0.2) is 31.5 Å². The second-order valence-corrected chi connectivity index (χ2v) is 3.55. The first-order valence-corrected chi connectivity index (χ1v) is 5.08. The van der Waals surface area contributed by atoms with Gasteiger partial charge in [-0.2, -0.15) is 0 Å². The van der Waals surface area contributed by atoms with E-state index in [4.69, 9.17) is 25.1 Å². The number of hydrogen-bond acceptors (Lipinski definition) is 5. The quantitative estimate of drug-likeness (QED) is 0.797.